The maximum Gasteiger partial charge on any atom is 0.250 e. The molecule has 0 aliphatic carbocycles. The number of rotatable bonds is 5. The molecule has 1 atom stereocenters. The summed E-state index contributed by atoms with van der Waals surface area (Å²) in [5.41, 5.74) is 0. The summed E-state index contributed by atoms with van der Waals surface area (Å²) in [4.78, 5) is 0.347. The smallest absolute Gasteiger partial charge is 0.250 e. The van der Waals surface area contributed by atoms with Crippen LogP contribution in [0.2, 0.25) is 0 Å². The maximum atomic E-state index is 11.6. The van der Waals surface area contributed by atoms with E-state index in [1.165, 1.54) is 18.4 Å². The summed E-state index contributed by atoms with van der Waals surface area (Å²) in [7, 11) is -4.59. The number of nitrogens with one attached hydrogen (secondary N) is 1. The molecule has 1 aromatic heterocycles. The van der Waals surface area contributed by atoms with Gasteiger partial charge in [0.15, 0.2) is 0 Å². The molecule has 0 aliphatic rings. The molecule has 0 saturated heterocycles. The highest BCUT2D eigenvalue weighted by atomic mass is 32.2. The van der Waals surface area contributed by atoms with Crippen LogP contribution >= 0.6 is 11.3 Å². The van der Waals surface area contributed by atoms with E-state index < -0.39 is 20.8 Å². The van der Waals surface area contributed by atoms with Gasteiger partial charge in [-0.15, -0.1) is 11.3 Å². The van der Waals surface area contributed by atoms with E-state index in [-0.39, 0.29) is 16.5 Å². The molecule has 0 bridgehead atoms. The van der Waals surface area contributed by atoms with Crippen molar-refractivity contribution in [3.8, 4) is 6.07 Å². The lowest BCUT2D eigenvalue weighted by Crippen LogP contribution is -2.27. The first-order valence-corrected chi connectivity index (χ1v) is 8.28. The Labute approximate surface area is 101 Å². The van der Waals surface area contributed by atoms with Crippen molar-refractivity contribution in [2.24, 2.45) is 0 Å². The molecular weight excluding hydrogens is 268 g/mol. The van der Waals surface area contributed by atoms with Gasteiger partial charge in [-0.05, 0) is 12.1 Å². The molecule has 1 unspecified atom stereocenters. The van der Waals surface area contributed by atoms with Crippen LogP contribution in [0.25, 0.3) is 0 Å². The molecule has 0 saturated carbocycles. The van der Waals surface area contributed by atoms with Gasteiger partial charge in [0.25, 0.3) is 0 Å². The fourth-order valence-electron chi connectivity index (χ4n) is 0.916. The molecule has 0 spiro atoms. The van der Waals surface area contributed by atoms with Crippen LogP contribution in [-0.4, -0.2) is 31.2 Å². The number of thiophene rings is 1. The van der Waals surface area contributed by atoms with E-state index in [1.807, 2.05) is 6.07 Å². The number of hydrogen-bond donors (Lipinski definition) is 1. The Hall–Kier alpha value is -0.750. The number of sulfonamides is 1. The van der Waals surface area contributed by atoms with Crippen molar-refractivity contribution < 1.29 is 12.6 Å². The van der Waals surface area contributed by atoms with E-state index in [4.69, 9.17) is 5.26 Å². The summed E-state index contributed by atoms with van der Waals surface area (Å²) >= 11 is 0.911. The lowest BCUT2D eigenvalue weighted by molar-refractivity contribution is 0.586. The molecule has 8 heteroatoms. The predicted octanol–water partition coefficient (Wildman–Crippen LogP) is 0.277. The van der Waals surface area contributed by atoms with E-state index in [2.05, 4.69) is 4.72 Å². The second-order valence-electron chi connectivity index (χ2n) is 2.91. The summed E-state index contributed by atoms with van der Waals surface area (Å²) in [5.74, 6) is 0.274. The zero-order valence-electron chi connectivity index (χ0n) is 8.47. The van der Waals surface area contributed by atoms with Gasteiger partial charge < -0.3 is 0 Å². The highest BCUT2D eigenvalue weighted by Crippen LogP contribution is 2.20. The molecule has 0 aliphatic heterocycles. The maximum absolute atomic E-state index is 11.6. The van der Waals surface area contributed by atoms with Crippen LogP contribution in [0.4, 0.5) is 0 Å². The lowest BCUT2D eigenvalue weighted by Gasteiger charge is -2.02. The molecule has 1 N–H and O–H groups in total. The van der Waals surface area contributed by atoms with Crippen molar-refractivity contribution in [3.63, 3.8) is 0 Å². The van der Waals surface area contributed by atoms with Gasteiger partial charge in [-0.25, -0.2) is 13.1 Å². The Morgan fingerprint density at radius 3 is 2.75 bits per heavy atom. The van der Waals surface area contributed by atoms with E-state index >= 15 is 0 Å². The second-order valence-corrected chi connectivity index (χ2v) is 7.54. The SMILES string of the molecule is CS(=O)CCNS(=O)(=O)c1ccc(C#N)s1. The Morgan fingerprint density at radius 2 is 2.25 bits per heavy atom. The fraction of sp³-hybridized carbons (Fsp3) is 0.375. The summed E-state index contributed by atoms with van der Waals surface area (Å²) in [5, 5.41) is 8.57. The highest BCUT2D eigenvalue weighted by molar-refractivity contribution is 7.91. The molecule has 0 fully saturated rings. The highest BCUT2D eigenvalue weighted by Gasteiger charge is 2.16. The number of nitriles is 1. The summed E-state index contributed by atoms with van der Waals surface area (Å²) in [6, 6.07) is 4.71. The molecule has 0 radical (unpaired) electrons. The molecule has 1 aromatic rings. The molecule has 1 rings (SSSR count). The van der Waals surface area contributed by atoms with Crippen LogP contribution in [0.15, 0.2) is 16.3 Å². The Balaban J connectivity index is 2.71. The third-order valence-corrected chi connectivity index (χ3v) is 5.36. The third kappa shape index (κ3) is 3.68. The Kier molecular flexibility index (Phi) is 4.61. The van der Waals surface area contributed by atoms with E-state index in [1.54, 1.807) is 0 Å². The van der Waals surface area contributed by atoms with Crippen LogP contribution in [0.5, 0.6) is 0 Å². The van der Waals surface area contributed by atoms with Gasteiger partial charge in [-0.2, -0.15) is 5.26 Å². The first kappa shape index (κ1) is 13.3. The van der Waals surface area contributed by atoms with Crippen molar-refractivity contribution in [2.75, 3.05) is 18.6 Å². The van der Waals surface area contributed by atoms with Gasteiger partial charge in [-0.3, -0.25) is 4.21 Å². The Morgan fingerprint density at radius 1 is 1.56 bits per heavy atom. The van der Waals surface area contributed by atoms with E-state index in [0.717, 1.165) is 11.3 Å². The van der Waals surface area contributed by atoms with Gasteiger partial charge in [0, 0.05) is 29.4 Å². The largest absolute Gasteiger partial charge is 0.260 e. The Bertz CT molecular complexity index is 527. The van der Waals surface area contributed by atoms with Crippen LogP contribution in [0.1, 0.15) is 4.88 Å². The van der Waals surface area contributed by atoms with Crippen molar-refractivity contribution in [3.05, 3.63) is 17.0 Å². The average Bonchev–Trinajstić information content (AvgIpc) is 2.65. The minimum atomic E-state index is -3.56. The fourth-order valence-corrected chi connectivity index (χ4v) is 3.61. The number of nitrogens with zero attached hydrogens (tertiary/aromatic N) is 1. The lowest BCUT2D eigenvalue weighted by atomic mass is 10.5. The zero-order valence-corrected chi connectivity index (χ0v) is 10.9. The summed E-state index contributed by atoms with van der Waals surface area (Å²) in [6.45, 7) is 0.130. The van der Waals surface area contributed by atoms with Crippen molar-refractivity contribution >= 4 is 32.2 Å². The van der Waals surface area contributed by atoms with Gasteiger partial charge in [-0.1, -0.05) is 0 Å². The van der Waals surface area contributed by atoms with Crippen LogP contribution in [-0.2, 0) is 20.8 Å². The minimum absolute atomic E-state index is 0.103. The quantitative estimate of drug-likeness (QED) is 0.838. The molecule has 0 amide bonds. The molecule has 5 nitrogen and oxygen atoms in total. The van der Waals surface area contributed by atoms with E-state index in [0.29, 0.717) is 4.88 Å². The first-order chi connectivity index (χ1) is 7.45. The number of hydrogen-bond acceptors (Lipinski definition) is 5. The average molecular weight is 278 g/mol. The zero-order chi connectivity index (χ0) is 12.2. The monoisotopic (exact) mass is 278 g/mol. The molecule has 88 valence electrons. The normalized spacial score (nSPS) is 13.2. The predicted molar refractivity (Wildman–Crippen MR) is 63.2 cm³/mol. The van der Waals surface area contributed by atoms with Gasteiger partial charge in [0.05, 0.1) is 0 Å². The third-order valence-electron chi connectivity index (χ3n) is 1.64. The molecule has 16 heavy (non-hydrogen) atoms. The topological polar surface area (TPSA) is 87.0 Å². The molecular formula is C8H10N2O3S3. The van der Waals surface area contributed by atoms with Crippen LogP contribution < -0.4 is 4.72 Å². The molecule has 0 aromatic carbocycles. The van der Waals surface area contributed by atoms with E-state index in [9.17, 15) is 12.6 Å². The van der Waals surface area contributed by atoms with Crippen molar-refractivity contribution in [2.45, 2.75) is 4.21 Å². The second kappa shape index (κ2) is 5.54. The summed E-state index contributed by atoms with van der Waals surface area (Å²) in [6.07, 6.45) is 1.51. The van der Waals surface area contributed by atoms with Crippen molar-refractivity contribution in [1.29, 1.82) is 5.26 Å². The first-order valence-electron chi connectivity index (χ1n) is 4.25. The van der Waals surface area contributed by atoms with Gasteiger partial charge in [0.2, 0.25) is 10.0 Å². The van der Waals surface area contributed by atoms with Crippen molar-refractivity contribution in [1.82, 2.24) is 4.72 Å². The summed E-state index contributed by atoms with van der Waals surface area (Å²) < 4.78 is 36.4. The van der Waals surface area contributed by atoms with Gasteiger partial charge >= 0.3 is 0 Å². The van der Waals surface area contributed by atoms with Gasteiger partial charge in [0.1, 0.15) is 15.2 Å². The van der Waals surface area contributed by atoms with Crippen LogP contribution in [0, 0.1) is 11.3 Å². The standard InChI is InChI=1S/C8H10N2O3S3/c1-15(11)5-4-10-16(12,13)8-3-2-7(6-9)14-8/h2-3,10H,4-5H2,1H3. The molecule has 1 heterocycles. The minimum Gasteiger partial charge on any atom is -0.260 e. The van der Waals surface area contributed by atoms with Crippen LogP contribution in [0.3, 0.4) is 0 Å².